The molecule has 2 nitrogen and oxygen atoms in total. The first-order chi connectivity index (χ1) is 16.8. The van der Waals surface area contributed by atoms with E-state index in [0.29, 0.717) is 0 Å². The predicted molar refractivity (Wildman–Crippen MR) is 146 cm³/mol. The Kier molecular flexibility index (Phi) is 12.6. The molecule has 1 saturated carbocycles. The van der Waals surface area contributed by atoms with Crippen molar-refractivity contribution in [3.8, 4) is 17.0 Å². The van der Waals surface area contributed by atoms with Crippen LogP contribution in [0.25, 0.3) is 11.3 Å². The minimum absolute atomic E-state index is 0.788. The lowest BCUT2D eigenvalue weighted by molar-refractivity contribution is 0.248. The van der Waals surface area contributed by atoms with Gasteiger partial charge in [0.1, 0.15) is 5.75 Å². The Morgan fingerprint density at radius 3 is 2.00 bits per heavy atom. The molecule has 2 aromatic rings. The SMILES string of the molecule is CCCCCCC[C@H]1CC[C@H](CCc2ccc(-c3ccc(OCCCCCC)cn3)cc2)CC1. The maximum atomic E-state index is 5.83. The summed E-state index contributed by atoms with van der Waals surface area (Å²) in [6.07, 6.45) is 23.8. The van der Waals surface area contributed by atoms with Crippen molar-refractivity contribution < 1.29 is 4.74 Å². The van der Waals surface area contributed by atoms with Crippen LogP contribution in [0, 0.1) is 11.8 Å². The fourth-order valence-corrected chi connectivity index (χ4v) is 5.41. The molecule has 34 heavy (non-hydrogen) atoms. The number of ether oxygens (including phenoxy) is 1. The molecule has 0 amide bonds. The Hall–Kier alpha value is -1.83. The maximum Gasteiger partial charge on any atom is 0.137 e. The third-order valence-electron chi connectivity index (χ3n) is 7.78. The maximum absolute atomic E-state index is 5.83. The van der Waals surface area contributed by atoms with Gasteiger partial charge in [-0.05, 0) is 48.8 Å². The molecule has 1 aliphatic rings. The smallest absolute Gasteiger partial charge is 0.137 e. The average molecular weight is 464 g/mol. The summed E-state index contributed by atoms with van der Waals surface area (Å²) in [6.45, 7) is 5.33. The number of pyridine rings is 1. The van der Waals surface area contributed by atoms with Gasteiger partial charge in [-0.3, -0.25) is 4.98 Å². The number of aryl methyl sites for hydroxylation is 1. The summed E-state index contributed by atoms with van der Waals surface area (Å²) < 4.78 is 5.83. The van der Waals surface area contributed by atoms with E-state index in [1.165, 1.54) is 107 Å². The van der Waals surface area contributed by atoms with Gasteiger partial charge in [-0.2, -0.15) is 0 Å². The zero-order valence-corrected chi connectivity index (χ0v) is 22.1. The van der Waals surface area contributed by atoms with E-state index in [4.69, 9.17) is 4.74 Å². The molecule has 0 atom stereocenters. The fourth-order valence-electron chi connectivity index (χ4n) is 5.41. The van der Waals surface area contributed by atoms with Gasteiger partial charge in [-0.15, -0.1) is 0 Å². The topological polar surface area (TPSA) is 22.1 Å². The number of hydrogen-bond donors (Lipinski definition) is 0. The third-order valence-corrected chi connectivity index (χ3v) is 7.78. The summed E-state index contributed by atoms with van der Waals surface area (Å²) in [5.74, 6) is 2.83. The number of benzene rings is 1. The van der Waals surface area contributed by atoms with Gasteiger partial charge in [0.25, 0.3) is 0 Å². The summed E-state index contributed by atoms with van der Waals surface area (Å²) in [5, 5.41) is 0. The number of aromatic nitrogens is 1. The molecule has 1 aromatic carbocycles. The second kappa shape index (κ2) is 16.0. The number of hydrogen-bond acceptors (Lipinski definition) is 2. The molecule has 1 aromatic heterocycles. The predicted octanol–water partition coefficient (Wildman–Crippen LogP) is 9.81. The molecule has 0 radical (unpaired) electrons. The Morgan fingerprint density at radius 1 is 0.706 bits per heavy atom. The van der Waals surface area contributed by atoms with Crippen LogP contribution in [0.2, 0.25) is 0 Å². The average Bonchev–Trinajstić information content (AvgIpc) is 2.89. The van der Waals surface area contributed by atoms with Crippen molar-refractivity contribution in [3.05, 3.63) is 48.2 Å². The van der Waals surface area contributed by atoms with Crippen LogP contribution in [0.15, 0.2) is 42.6 Å². The van der Waals surface area contributed by atoms with Crippen molar-refractivity contribution in [1.82, 2.24) is 4.98 Å². The van der Waals surface area contributed by atoms with Crippen LogP contribution in [0.3, 0.4) is 0 Å². The largest absolute Gasteiger partial charge is 0.492 e. The fraction of sp³-hybridized carbons (Fsp3) is 0.656. The second-order valence-corrected chi connectivity index (χ2v) is 10.6. The van der Waals surface area contributed by atoms with Gasteiger partial charge in [-0.1, -0.05) is 122 Å². The molecular weight excluding hydrogens is 414 g/mol. The Balaban J connectivity index is 1.33. The van der Waals surface area contributed by atoms with Gasteiger partial charge < -0.3 is 4.74 Å². The summed E-state index contributed by atoms with van der Waals surface area (Å²) >= 11 is 0. The van der Waals surface area contributed by atoms with Crippen molar-refractivity contribution in [2.24, 2.45) is 11.8 Å². The minimum Gasteiger partial charge on any atom is -0.492 e. The Bertz CT molecular complexity index is 759. The van der Waals surface area contributed by atoms with E-state index in [2.05, 4.69) is 55.2 Å². The summed E-state index contributed by atoms with van der Waals surface area (Å²) in [4.78, 5) is 4.63. The van der Waals surface area contributed by atoms with Crippen molar-refractivity contribution in [1.29, 1.82) is 0 Å². The zero-order chi connectivity index (χ0) is 23.8. The van der Waals surface area contributed by atoms with Gasteiger partial charge in [0, 0.05) is 5.56 Å². The van der Waals surface area contributed by atoms with Gasteiger partial charge in [0.15, 0.2) is 0 Å². The first-order valence-electron chi connectivity index (χ1n) is 14.5. The lowest BCUT2D eigenvalue weighted by Gasteiger charge is -2.28. The summed E-state index contributed by atoms with van der Waals surface area (Å²) in [6, 6.07) is 13.2. The molecule has 0 spiro atoms. The normalized spacial score (nSPS) is 18.2. The standard InChI is InChI=1S/C32H49NO/c1-3-5-7-9-10-12-27-13-15-28(16-14-27)17-18-29-19-21-30(22-20-29)32-24-23-31(26-33-32)34-25-11-8-6-4-2/h19-24,26-28H,3-18,25H2,1-2H3/t27-,28-. The summed E-state index contributed by atoms with van der Waals surface area (Å²) in [7, 11) is 0. The van der Waals surface area contributed by atoms with E-state index in [1.54, 1.807) is 0 Å². The molecule has 1 heterocycles. The van der Waals surface area contributed by atoms with Crippen LogP contribution in [0.5, 0.6) is 5.75 Å². The van der Waals surface area contributed by atoms with Gasteiger partial charge in [0.2, 0.25) is 0 Å². The second-order valence-electron chi connectivity index (χ2n) is 10.6. The van der Waals surface area contributed by atoms with Gasteiger partial charge in [-0.25, -0.2) is 0 Å². The molecule has 0 N–H and O–H groups in total. The van der Waals surface area contributed by atoms with E-state index >= 15 is 0 Å². The Morgan fingerprint density at radius 2 is 1.35 bits per heavy atom. The van der Waals surface area contributed by atoms with Crippen LogP contribution in [-0.4, -0.2) is 11.6 Å². The lowest BCUT2D eigenvalue weighted by Crippen LogP contribution is -2.15. The molecule has 0 bridgehead atoms. The van der Waals surface area contributed by atoms with Crippen molar-refractivity contribution in [2.45, 2.75) is 117 Å². The monoisotopic (exact) mass is 463 g/mol. The number of unbranched alkanes of at least 4 members (excludes halogenated alkanes) is 7. The van der Waals surface area contributed by atoms with Crippen LogP contribution in [-0.2, 0) is 6.42 Å². The van der Waals surface area contributed by atoms with Crippen LogP contribution < -0.4 is 4.74 Å². The minimum atomic E-state index is 0.788. The molecule has 3 rings (SSSR count). The van der Waals surface area contributed by atoms with Crippen LogP contribution in [0.4, 0.5) is 0 Å². The van der Waals surface area contributed by atoms with E-state index in [9.17, 15) is 0 Å². The zero-order valence-electron chi connectivity index (χ0n) is 22.1. The van der Waals surface area contributed by atoms with E-state index < -0.39 is 0 Å². The summed E-state index contributed by atoms with van der Waals surface area (Å²) in [5.41, 5.74) is 3.68. The quantitative estimate of drug-likeness (QED) is 0.231. The number of nitrogens with zero attached hydrogens (tertiary/aromatic N) is 1. The first kappa shape index (κ1) is 26.8. The van der Waals surface area contributed by atoms with Crippen molar-refractivity contribution in [3.63, 3.8) is 0 Å². The lowest BCUT2D eigenvalue weighted by atomic mass is 9.77. The van der Waals surface area contributed by atoms with Crippen molar-refractivity contribution in [2.75, 3.05) is 6.61 Å². The highest BCUT2D eigenvalue weighted by molar-refractivity contribution is 5.59. The van der Waals surface area contributed by atoms with Crippen molar-refractivity contribution >= 4 is 0 Å². The van der Waals surface area contributed by atoms with E-state index in [1.807, 2.05) is 6.20 Å². The van der Waals surface area contributed by atoms with Gasteiger partial charge in [0.05, 0.1) is 18.5 Å². The molecule has 188 valence electrons. The highest BCUT2D eigenvalue weighted by Crippen LogP contribution is 2.34. The van der Waals surface area contributed by atoms with Crippen LogP contribution >= 0.6 is 0 Å². The third kappa shape index (κ3) is 9.80. The number of rotatable bonds is 16. The molecule has 0 saturated heterocycles. The molecule has 0 aliphatic heterocycles. The Labute approximate surface area is 209 Å². The highest BCUT2D eigenvalue weighted by atomic mass is 16.5. The molecule has 2 heteroatoms. The molecule has 1 aliphatic carbocycles. The highest BCUT2D eigenvalue weighted by Gasteiger charge is 2.20. The molecule has 1 fully saturated rings. The molecule has 0 unspecified atom stereocenters. The van der Waals surface area contributed by atoms with E-state index in [0.717, 1.165) is 36.3 Å². The first-order valence-corrected chi connectivity index (χ1v) is 14.5. The molecular formula is C32H49NO. The van der Waals surface area contributed by atoms with Crippen LogP contribution in [0.1, 0.15) is 116 Å². The van der Waals surface area contributed by atoms with E-state index in [-0.39, 0.29) is 0 Å². The van der Waals surface area contributed by atoms with Gasteiger partial charge >= 0.3 is 0 Å².